The van der Waals surface area contributed by atoms with Gasteiger partial charge in [-0.15, -0.1) is 0 Å². The molecule has 4 amide bonds. The number of ether oxygens (including phenoxy) is 1. The number of hydrogen-bond acceptors (Lipinski definition) is 3. The van der Waals surface area contributed by atoms with Gasteiger partial charge in [-0.25, -0.2) is 9.59 Å². The van der Waals surface area contributed by atoms with Crippen molar-refractivity contribution in [2.75, 3.05) is 38.6 Å². The maximum Gasteiger partial charge on any atom is 0.321 e. The Hall–Kier alpha value is -3.74. The molecule has 2 fully saturated rings. The number of amides is 4. The van der Waals surface area contributed by atoms with E-state index in [1.165, 1.54) is 10.8 Å². The van der Waals surface area contributed by atoms with Crippen LogP contribution < -0.4 is 15.4 Å². The molecule has 2 heterocycles. The molecule has 0 aromatic heterocycles. The molecule has 188 valence electrons. The number of hydrogen-bond donors (Lipinski definition) is 2. The lowest BCUT2D eigenvalue weighted by atomic mass is 9.78. The van der Waals surface area contributed by atoms with Gasteiger partial charge in [0, 0.05) is 26.2 Å². The van der Waals surface area contributed by atoms with Crippen molar-refractivity contribution in [3.8, 4) is 5.75 Å². The summed E-state index contributed by atoms with van der Waals surface area (Å²) in [5, 5.41) is 8.54. The Bertz CT molecular complexity index is 1250. The van der Waals surface area contributed by atoms with Gasteiger partial charge in [0.2, 0.25) is 0 Å². The zero-order valence-corrected chi connectivity index (χ0v) is 21.0. The molecule has 3 aromatic carbocycles. The maximum absolute atomic E-state index is 13.2. The molecule has 5 rings (SSSR count). The summed E-state index contributed by atoms with van der Waals surface area (Å²) in [6.45, 7) is 4.90. The summed E-state index contributed by atoms with van der Waals surface area (Å²) in [5.41, 5.74) is 1.89. The van der Waals surface area contributed by atoms with E-state index in [0.29, 0.717) is 24.5 Å². The minimum absolute atomic E-state index is 0.0105. The lowest BCUT2D eigenvalue weighted by Crippen LogP contribution is -2.47. The third-order valence-electron chi connectivity index (χ3n) is 7.82. The van der Waals surface area contributed by atoms with Crippen LogP contribution in [-0.4, -0.2) is 55.2 Å². The molecule has 0 bridgehead atoms. The Kier molecular flexibility index (Phi) is 6.72. The largest absolute Gasteiger partial charge is 0.495 e. The standard InChI is InChI=1S/C29H34N4O3/c1-21(23-11-7-9-22-8-3-4-10-24(22)23)30-27(34)33-19-16-29(20-33)14-17-32(18-15-29)28(35)31-25-12-5-6-13-26(25)36-2/h3-13,21H,14-20H2,1-2H3,(H,30,34)(H,31,35). The minimum Gasteiger partial charge on any atom is -0.495 e. The fourth-order valence-electron chi connectivity index (χ4n) is 5.63. The Balaban J connectivity index is 1.16. The molecule has 0 radical (unpaired) electrons. The normalized spacial score (nSPS) is 17.7. The highest BCUT2D eigenvalue weighted by atomic mass is 16.5. The lowest BCUT2D eigenvalue weighted by molar-refractivity contribution is 0.126. The monoisotopic (exact) mass is 486 g/mol. The van der Waals surface area contributed by atoms with E-state index in [1.807, 2.05) is 59.2 Å². The fourth-order valence-corrected chi connectivity index (χ4v) is 5.63. The van der Waals surface area contributed by atoms with Gasteiger partial charge < -0.3 is 25.2 Å². The molecule has 2 aliphatic rings. The number of nitrogens with one attached hydrogen (secondary N) is 2. The molecular formula is C29H34N4O3. The van der Waals surface area contributed by atoms with Gasteiger partial charge in [-0.05, 0) is 60.1 Å². The Morgan fingerprint density at radius 1 is 0.861 bits per heavy atom. The van der Waals surface area contributed by atoms with Crippen molar-refractivity contribution in [1.82, 2.24) is 15.1 Å². The zero-order chi connectivity index (χ0) is 25.1. The van der Waals surface area contributed by atoms with Crippen molar-refractivity contribution in [2.45, 2.75) is 32.2 Å². The zero-order valence-electron chi connectivity index (χ0n) is 21.0. The van der Waals surface area contributed by atoms with Crippen LogP contribution in [-0.2, 0) is 0 Å². The second-order valence-electron chi connectivity index (χ2n) is 10.0. The number of benzene rings is 3. The summed E-state index contributed by atoms with van der Waals surface area (Å²) in [4.78, 5) is 29.8. The number of piperidine rings is 1. The van der Waals surface area contributed by atoms with Crippen LogP contribution in [0, 0.1) is 5.41 Å². The second kappa shape index (κ2) is 10.1. The average Bonchev–Trinajstić information content (AvgIpc) is 3.32. The summed E-state index contributed by atoms with van der Waals surface area (Å²) >= 11 is 0. The smallest absolute Gasteiger partial charge is 0.321 e. The SMILES string of the molecule is COc1ccccc1NC(=O)N1CCC2(CC1)CCN(C(=O)NC(C)c1cccc3ccccc13)C2. The molecule has 36 heavy (non-hydrogen) atoms. The predicted molar refractivity (Wildman–Crippen MR) is 142 cm³/mol. The van der Waals surface area contributed by atoms with Crippen LogP contribution in [0.15, 0.2) is 66.7 Å². The molecule has 1 atom stereocenters. The molecule has 7 nitrogen and oxygen atoms in total. The van der Waals surface area contributed by atoms with E-state index in [0.717, 1.165) is 37.9 Å². The molecule has 1 spiro atoms. The molecule has 2 saturated heterocycles. The van der Waals surface area contributed by atoms with Crippen molar-refractivity contribution in [3.63, 3.8) is 0 Å². The van der Waals surface area contributed by atoms with Crippen LogP contribution in [0.5, 0.6) is 5.75 Å². The van der Waals surface area contributed by atoms with Crippen LogP contribution in [0.4, 0.5) is 15.3 Å². The number of anilines is 1. The van der Waals surface area contributed by atoms with Crippen LogP contribution >= 0.6 is 0 Å². The Morgan fingerprint density at radius 2 is 1.53 bits per heavy atom. The number of urea groups is 2. The first-order valence-corrected chi connectivity index (χ1v) is 12.7. The molecule has 2 aliphatic heterocycles. The highest BCUT2D eigenvalue weighted by molar-refractivity contribution is 5.91. The van der Waals surface area contributed by atoms with Crippen molar-refractivity contribution in [3.05, 3.63) is 72.3 Å². The summed E-state index contributed by atoms with van der Waals surface area (Å²) in [6, 6.07) is 21.7. The van der Waals surface area contributed by atoms with Crippen LogP contribution in [0.25, 0.3) is 10.8 Å². The summed E-state index contributed by atoms with van der Waals surface area (Å²) in [6.07, 6.45) is 2.77. The summed E-state index contributed by atoms with van der Waals surface area (Å²) in [7, 11) is 1.60. The molecule has 7 heteroatoms. The lowest BCUT2D eigenvalue weighted by Gasteiger charge is -2.39. The molecule has 3 aromatic rings. The number of fused-ring (bicyclic) bond motifs is 1. The average molecular weight is 487 g/mol. The molecule has 0 saturated carbocycles. The first-order valence-electron chi connectivity index (χ1n) is 12.7. The first kappa shape index (κ1) is 24.0. The Morgan fingerprint density at radius 3 is 2.31 bits per heavy atom. The van der Waals surface area contributed by atoms with Crippen LogP contribution in [0.3, 0.4) is 0 Å². The third kappa shape index (κ3) is 4.83. The Labute approximate surface area is 212 Å². The number of rotatable bonds is 4. The topological polar surface area (TPSA) is 73.9 Å². The third-order valence-corrected chi connectivity index (χ3v) is 7.82. The van der Waals surface area contributed by atoms with Crippen molar-refractivity contribution >= 4 is 28.5 Å². The number of carbonyl (C=O) groups excluding carboxylic acids is 2. The number of methoxy groups -OCH3 is 1. The summed E-state index contributed by atoms with van der Waals surface area (Å²) < 4.78 is 5.34. The van der Waals surface area contributed by atoms with Gasteiger partial charge in [0.25, 0.3) is 0 Å². The van der Waals surface area contributed by atoms with Crippen molar-refractivity contribution < 1.29 is 14.3 Å². The van der Waals surface area contributed by atoms with Crippen molar-refractivity contribution in [1.29, 1.82) is 0 Å². The summed E-state index contributed by atoms with van der Waals surface area (Å²) in [5.74, 6) is 0.648. The molecular weight excluding hydrogens is 452 g/mol. The van der Waals surface area contributed by atoms with Gasteiger partial charge in [-0.2, -0.15) is 0 Å². The predicted octanol–water partition coefficient (Wildman–Crippen LogP) is 5.64. The van der Waals surface area contributed by atoms with E-state index in [-0.39, 0.29) is 23.5 Å². The highest BCUT2D eigenvalue weighted by Crippen LogP contribution is 2.40. The van der Waals surface area contributed by atoms with Gasteiger partial charge >= 0.3 is 12.1 Å². The number of carbonyl (C=O) groups is 2. The molecule has 0 aliphatic carbocycles. The number of para-hydroxylation sites is 2. The van der Waals surface area contributed by atoms with E-state index in [4.69, 9.17) is 4.74 Å². The van der Waals surface area contributed by atoms with Crippen LogP contribution in [0.2, 0.25) is 0 Å². The maximum atomic E-state index is 13.2. The minimum atomic E-state index is -0.106. The molecule has 2 N–H and O–H groups in total. The van der Waals surface area contributed by atoms with E-state index in [1.54, 1.807) is 7.11 Å². The van der Waals surface area contributed by atoms with E-state index < -0.39 is 0 Å². The van der Waals surface area contributed by atoms with Gasteiger partial charge in [0.1, 0.15) is 5.75 Å². The molecule has 1 unspecified atom stereocenters. The second-order valence-corrected chi connectivity index (χ2v) is 10.0. The fraction of sp³-hybridized carbons (Fsp3) is 0.379. The van der Waals surface area contributed by atoms with E-state index in [2.05, 4.69) is 34.9 Å². The van der Waals surface area contributed by atoms with Crippen molar-refractivity contribution in [2.24, 2.45) is 5.41 Å². The highest BCUT2D eigenvalue weighted by Gasteiger charge is 2.43. The number of likely N-dealkylation sites (tertiary alicyclic amines) is 2. The van der Waals surface area contributed by atoms with Crippen LogP contribution in [0.1, 0.15) is 37.8 Å². The van der Waals surface area contributed by atoms with Gasteiger partial charge in [0.15, 0.2) is 0 Å². The van der Waals surface area contributed by atoms with E-state index in [9.17, 15) is 9.59 Å². The quantitative estimate of drug-likeness (QED) is 0.501. The van der Waals surface area contributed by atoms with Gasteiger partial charge in [0.05, 0.1) is 18.8 Å². The van der Waals surface area contributed by atoms with Gasteiger partial charge in [-0.3, -0.25) is 0 Å². The van der Waals surface area contributed by atoms with Gasteiger partial charge in [-0.1, -0.05) is 54.6 Å². The first-order chi connectivity index (χ1) is 17.5. The van der Waals surface area contributed by atoms with E-state index >= 15 is 0 Å². The number of nitrogens with zero attached hydrogens (tertiary/aromatic N) is 2.